The molecule has 0 bridgehead atoms. The highest BCUT2D eigenvalue weighted by atomic mass is 79.9. The summed E-state index contributed by atoms with van der Waals surface area (Å²) in [4.78, 5) is 36.5. The van der Waals surface area contributed by atoms with E-state index in [0.29, 0.717) is 21.7 Å². The molecule has 168 valence electrons. The molecule has 33 heavy (non-hydrogen) atoms. The van der Waals surface area contributed by atoms with E-state index in [1.165, 1.54) is 6.21 Å². The highest BCUT2D eigenvalue weighted by Gasteiger charge is 2.12. The fourth-order valence-electron chi connectivity index (χ4n) is 2.72. The van der Waals surface area contributed by atoms with E-state index < -0.39 is 17.8 Å². The third kappa shape index (κ3) is 7.27. The number of amides is 2. The number of halogens is 2. The Morgan fingerprint density at radius 3 is 2.52 bits per heavy atom. The van der Waals surface area contributed by atoms with E-state index in [-0.39, 0.29) is 12.3 Å². The third-order valence-electron chi connectivity index (χ3n) is 4.34. The van der Waals surface area contributed by atoms with E-state index in [9.17, 15) is 14.4 Å². The van der Waals surface area contributed by atoms with E-state index in [4.69, 9.17) is 16.3 Å². The minimum atomic E-state index is -0.526. The predicted molar refractivity (Wildman–Crippen MR) is 130 cm³/mol. The summed E-state index contributed by atoms with van der Waals surface area (Å²) in [5.41, 5.74) is 4.53. The molecule has 9 heteroatoms. The van der Waals surface area contributed by atoms with Crippen molar-refractivity contribution in [3.8, 4) is 5.75 Å². The fourth-order valence-corrected chi connectivity index (χ4v) is 3.23. The van der Waals surface area contributed by atoms with Gasteiger partial charge in [0.15, 0.2) is 0 Å². The summed E-state index contributed by atoms with van der Waals surface area (Å²) < 4.78 is 6.24. The van der Waals surface area contributed by atoms with Gasteiger partial charge in [0, 0.05) is 20.6 Å². The molecule has 3 rings (SSSR count). The van der Waals surface area contributed by atoms with E-state index in [1.54, 1.807) is 60.7 Å². The topological polar surface area (TPSA) is 96.9 Å². The van der Waals surface area contributed by atoms with Crippen LogP contribution in [0.3, 0.4) is 0 Å². The minimum absolute atomic E-state index is 0.271. The lowest BCUT2D eigenvalue weighted by molar-refractivity contribution is -0.120. The van der Waals surface area contributed by atoms with Crippen LogP contribution < -0.4 is 15.5 Å². The summed E-state index contributed by atoms with van der Waals surface area (Å²) in [6.07, 6.45) is 1.35. The molecule has 7 nitrogen and oxygen atoms in total. The SMILES string of the molecule is Cc1cccc(C(=O)Oc2ccc(Br)cc2/C=N\NC(=O)CNC(=O)c2ccc(Cl)cc2)c1. The number of aryl methyl sites for hydroxylation is 1. The van der Waals surface area contributed by atoms with Crippen molar-refractivity contribution >= 4 is 51.5 Å². The average molecular weight is 529 g/mol. The number of nitrogens with zero attached hydrogens (tertiary/aromatic N) is 1. The molecule has 0 aliphatic heterocycles. The molecule has 0 fully saturated rings. The number of carbonyl (C=O) groups excluding carboxylic acids is 3. The van der Waals surface area contributed by atoms with Crippen molar-refractivity contribution in [2.75, 3.05) is 6.54 Å². The molecule has 0 spiro atoms. The van der Waals surface area contributed by atoms with Crippen molar-refractivity contribution in [1.29, 1.82) is 0 Å². The Bertz CT molecular complexity index is 1210. The molecule has 2 N–H and O–H groups in total. The maximum absolute atomic E-state index is 12.5. The zero-order chi connectivity index (χ0) is 23.8. The number of esters is 1. The number of ether oxygens (including phenoxy) is 1. The van der Waals surface area contributed by atoms with Crippen LogP contribution in [-0.4, -0.2) is 30.5 Å². The maximum Gasteiger partial charge on any atom is 0.343 e. The molecule has 0 atom stereocenters. The van der Waals surface area contributed by atoms with Crippen molar-refractivity contribution in [2.45, 2.75) is 6.92 Å². The lowest BCUT2D eigenvalue weighted by Gasteiger charge is -2.08. The van der Waals surface area contributed by atoms with Gasteiger partial charge in [-0.25, -0.2) is 10.2 Å². The van der Waals surface area contributed by atoms with Crippen molar-refractivity contribution in [3.05, 3.63) is 98.5 Å². The fraction of sp³-hybridized carbons (Fsp3) is 0.0833. The van der Waals surface area contributed by atoms with Crippen LogP contribution in [-0.2, 0) is 4.79 Å². The lowest BCUT2D eigenvalue weighted by atomic mass is 10.1. The Kier molecular flexibility index (Phi) is 8.34. The molecule has 0 heterocycles. The summed E-state index contributed by atoms with van der Waals surface area (Å²) in [6, 6.07) is 18.4. The van der Waals surface area contributed by atoms with Crippen LogP contribution in [0.15, 0.2) is 76.3 Å². The monoisotopic (exact) mass is 527 g/mol. The second-order valence-corrected chi connectivity index (χ2v) is 8.28. The number of rotatable bonds is 7. The smallest absolute Gasteiger partial charge is 0.343 e. The Labute approximate surface area is 203 Å². The van der Waals surface area contributed by atoms with E-state index in [1.807, 2.05) is 13.0 Å². The Balaban J connectivity index is 1.59. The van der Waals surface area contributed by atoms with Crippen LogP contribution in [0, 0.1) is 6.92 Å². The van der Waals surface area contributed by atoms with Gasteiger partial charge < -0.3 is 10.1 Å². The Hall–Kier alpha value is -3.49. The van der Waals surface area contributed by atoms with Crippen LogP contribution in [0.5, 0.6) is 5.75 Å². The first kappa shape index (κ1) is 24.2. The van der Waals surface area contributed by atoms with E-state index >= 15 is 0 Å². The summed E-state index contributed by atoms with van der Waals surface area (Å²) in [5, 5.41) is 6.90. The van der Waals surface area contributed by atoms with Crippen LogP contribution in [0.25, 0.3) is 0 Å². The summed E-state index contributed by atoms with van der Waals surface area (Å²) in [6.45, 7) is 1.61. The zero-order valence-electron chi connectivity index (χ0n) is 17.5. The molecule has 0 aliphatic rings. The summed E-state index contributed by atoms with van der Waals surface area (Å²) >= 11 is 9.16. The number of hydrogen-bond donors (Lipinski definition) is 2. The summed E-state index contributed by atoms with van der Waals surface area (Å²) in [7, 11) is 0. The van der Waals surface area contributed by atoms with Gasteiger partial charge in [-0.15, -0.1) is 0 Å². The van der Waals surface area contributed by atoms with Gasteiger partial charge in [-0.3, -0.25) is 9.59 Å². The summed E-state index contributed by atoms with van der Waals surface area (Å²) in [5.74, 6) is -1.17. The van der Waals surface area contributed by atoms with Gasteiger partial charge in [0.1, 0.15) is 5.75 Å². The molecular formula is C24H19BrClN3O4. The predicted octanol–water partition coefficient (Wildman–Crippen LogP) is 4.51. The second-order valence-electron chi connectivity index (χ2n) is 6.92. The highest BCUT2D eigenvalue weighted by Crippen LogP contribution is 2.23. The third-order valence-corrected chi connectivity index (χ3v) is 5.08. The molecule has 0 unspecified atom stereocenters. The first-order valence-electron chi connectivity index (χ1n) is 9.76. The lowest BCUT2D eigenvalue weighted by Crippen LogP contribution is -2.34. The van der Waals surface area contributed by atoms with E-state index in [0.717, 1.165) is 10.0 Å². The van der Waals surface area contributed by atoms with Gasteiger partial charge in [-0.05, 0) is 61.5 Å². The molecule has 0 saturated carbocycles. The van der Waals surface area contributed by atoms with Crippen molar-refractivity contribution in [3.63, 3.8) is 0 Å². The largest absolute Gasteiger partial charge is 0.422 e. The standard InChI is InChI=1S/C24H19BrClN3O4/c1-15-3-2-4-17(11-15)24(32)33-21-10-7-19(25)12-18(21)13-28-29-22(30)14-27-23(31)16-5-8-20(26)9-6-16/h2-13H,14H2,1H3,(H,27,31)(H,29,30)/b28-13-. The van der Waals surface area contributed by atoms with Gasteiger partial charge in [-0.1, -0.05) is 45.2 Å². The van der Waals surface area contributed by atoms with Crippen LogP contribution >= 0.6 is 27.5 Å². The molecule has 0 saturated heterocycles. The molecular weight excluding hydrogens is 510 g/mol. The minimum Gasteiger partial charge on any atom is -0.422 e. The first-order chi connectivity index (χ1) is 15.8. The van der Waals surface area contributed by atoms with Crippen molar-refractivity contribution in [1.82, 2.24) is 10.7 Å². The van der Waals surface area contributed by atoms with Crippen LogP contribution in [0.2, 0.25) is 5.02 Å². The number of carbonyl (C=O) groups is 3. The van der Waals surface area contributed by atoms with Crippen LogP contribution in [0.4, 0.5) is 0 Å². The van der Waals surface area contributed by atoms with Gasteiger partial charge >= 0.3 is 5.97 Å². The molecule has 3 aromatic carbocycles. The Morgan fingerprint density at radius 1 is 1.03 bits per heavy atom. The zero-order valence-corrected chi connectivity index (χ0v) is 19.8. The molecule has 3 aromatic rings. The Morgan fingerprint density at radius 2 is 1.79 bits per heavy atom. The second kappa shape index (κ2) is 11.4. The average Bonchev–Trinajstić information content (AvgIpc) is 2.79. The van der Waals surface area contributed by atoms with Gasteiger partial charge in [0.2, 0.25) is 0 Å². The molecule has 2 amide bonds. The van der Waals surface area contributed by atoms with E-state index in [2.05, 4.69) is 31.8 Å². The van der Waals surface area contributed by atoms with Crippen molar-refractivity contribution < 1.29 is 19.1 Å². The molecule has 0 radical (unpaired) electrons. The molecule has 0 aliphatic carbocycles. The quantitative estimate of drug-likeness (QED) is 0.204. The first-order valence-corrected chi connectivity index (χ1v) is 10.9. The highest BCUT2D eigenvalue weighted by molar-refractivity contribution is 9.10. The number of nitrogens with one attached hydrogen (secondary N) is 2. The van der Waals surface area contributed by atoms with Gasteiger partial charge in [0.25, 0.3) is 11.8 Å². The molecule has 0 aromatic heterocycles. The number of hydrogen-bond acceptors (Lipinski definition) is 5. The number of benzene rings is 3. The van der Waals surface area contributed by atoms with Gasteiger partial charge in [0.05, 0.1) is 18.3 Å². The normalized spacial score (nSPS) is 10.6. The number of hydrazone groups is 1. The van der Waals surface area contributed by atoms with Crippen LogP contribution in [0.1, 0.15) is 31.8 Å². The van der Waals surface area contributed by atoms with Gasteiger partial charge in [-0.2, -0.15) is 5.10 Å². The van der Waals surface area contributed by atoms with Crippen molar-refractivity contribution in [2.24, 2.45) is 5.10 Å². The maximum atomic E-state index is 12.5.